The van der Waals surface area contributed by atoms with Crippen LogP contribution in [0.5, 0.6) is 0 Å². The Kier molecular flexibility index (Phi) is 13.7. The van der Waals surface area contributed by atoms with Gasteiger partial charge in [0.1, 0.15) is 0 Å². The van der Waals surface area contributed by atoms with Gasteiger partial charge >= 0.3 is 0 Å². The molecule has 0 saturated heterocycles. The van der Waals surface area contributed by atoms with Crippen LogP contribution in [-0.4, -0.2) is 91.7 Å². The van der Waals surface area contributed by atoms with Crippen molar-refractivity contribution >= 4 is 43.4 Å². The Morgan fingerprint density at radius 1 is 1.05 bits per heavy atom. The molecule has 0 aliphatic carbocycles. The van der Waals surface area contributed by atoms with Gasteiger partial charge in [0.25, 0.3) is 5.91 Å². The molecule has 2 amide bonds. The van der Waals surface area contributed by atoms with Crippen LogP contribution in [0.4, 0.5) is 0 Å². The van der Waals surface area contributed by atoms with Gasteiger partial charge in [0.05, 0.1) is 45.9 Å². The molecule has 0 spiro atoms. The molecule has 13 heteroatoms. The van der Waals surface area contributed by atoms with E-state index >= 15 is 0 Å². The lowest BCUT2D eigenvalue weighted by atomic mass is 9.99. The van der Waals surface area contributed by atoms with Crippen LogP contribution in [-0.2, 0) is 30.8 Å². The molecule has 0 aliphatic rings. The van der Waals surface area contributed by atoms with Crippen molar-refractivity contribution in [3.63, 3.8) is 0 Å². The number of hydrogen-bond donors (Lipinski definition) is 3. The summed E-state index contributed by atoms with van der Waals surface area (Å²) >= 11 is 1.35. The molecule has 3 rings (SSSR count). The number of aromatic nitrogens is 1. The lowest BCUT2D eigenvalue weighted by Gasteiger charge is -2.37. The molecule has 0 fully saturated rings. The van der Waals surface area contributed by atoms with E-state index in [2.05, 4.69) is 15.7 Å². The molecule has 2 aromatic carbocycles. The molecule has 44 heavy (non-hydrogen) atoms. The summed E-state index contributed by atoms with van der Waals surface area (Å²) in [6.07, 6.45) is -1.03. The second-order valence-electron chi connectivity index (χ2n) is 11.6. The highest BCUT2D eigenvalue weighted by Crippen LogP contribution is 2.26. The fraction of sp³-hybridized carbons (Fsp3) is 0.516. The Bertz CT molecular complexity index is 1450. The Balaban J connectivity index is 1.97. The highest BCUT2D eigenvalue weighted by molar-refractivity contribution is 7.89. The molecule has 0 saturated carbocycles. The largest absolute Gasteiger partial charge is 0.390 e. The first kappa shape index (κ1) is 35.5. The number of carbonyl (C=O) groups excluding carboxylic acids is 2. The van der Waals surface area contributed by atoms with Crippen LogP contribution in [0, 0.1) is 11.8 Å². The number of thiazole rings is 1. The molecule has 11 nitrogen and oxygen atoms in total. The summed E-state index contributed by atoms with van der Waals surface area (Å²) in [7, 11) is -2.47. The minimum Gasteiger partial charge on any atom is -0.390 e. The van der Waals surface area contributed by atoms with E-state index in [0.29, 0.717) is 18.7 Å². The van der Waals surface area contributed by atoms with Gasteiger partial charge in [-0.05, 0) is 42.0 Å². The van der Waals surface area contributed by atoms with E-state index in [4.69, 9.17) is 4.74 Å². The zero-order valence-corrected chi connectivity index (χ0v) is 27.7. The molecule has 2 atom stereocenters. The van der Waals surface area contributed by atoms with Crippen molar-refractivity contribution in [2.45, 2.75) is 57.6 Å². The molecule has 3 aromatic rings. The van der Waals surface area contributed by atoms with Gasteiger partial charge in [-0.3, -0.25) is 15.0 Å². The van der Waals surface area contributed by atoms with Crippen LogP contribution in [0.2, 0.25) is 0 Å². The number of rotatable bonds is 17. The van der Waals surface area contributed by atoms with E-state index in [1.807, 2.05) is 58.0 Å². The number of hydrazine groups is 1. The highest BCUT2D eigenvalue weighted by atomic mass is 32.2. The summed E-state index contributed by atoms with van der Waals surface area (Å²) < 4.78 is 35.0. The molecule has 1 aromatic heterocycles. The number of methoxy groups -OCH3 is 1. The van der Waals surface area contributed by atoms with Gasteiger partial charge in [-0.2, -0.15) is 4.31 Å². The monoisotopic (exact) mass is 647 g/mol. The molecule has 1 unspecified atom stereocenters. The molecule has 0 bridgehead atoms. The quantitative estimate of drug-likeness (QED) is 0.150. The molecular weight excluding hydrogens is 603 g/mol. The maximum absolute atomic E-state index is 14.0. The van der Waals surface area contributed by atoms with Crippen molar-refractivity contribution in [3.8, 4) is 0 Å². The van der Waals surface area contributed by atoms with Crippen LogP contribution in [0.15, 0.2) is 58.9 Å². The van der Waals surface area contributed by atoms with Crippen molar-refractivity contribution in [2.75, 3.05) is 39.9 Å². The summed E-state index contributed by atoms with van der Waals surface area (Å²) in [5.74, 6) is -0.906. The summed E-state index contributed by atoms with van der Waals surface area (Å²) in [4.78, 5) is 30.9. The van der Waals surface area contributed by atoms with E-state index in [0.717, 1.165) is 10.3 Å². The minimum absolute atomic E-state index is 0.0178. The number of aliphatic hydroxyl groups excluding tert-OH is 1. The number of carbonyl (C=O) groups is 2. The maximum atomic E-state index is 14.0. The molecular formula is C31H45N5O6S2. The van der Waals surface area contributed by atoms with Crippen LogP contribution in [0.1, 0.15) is 39.7 Å². The van der Waals surface area contributed by atoms with E-state index < -0.39 is 28.1 Å². The number of nitrogens with zero attached hydrogens (tertiary/aromatic N) is 3. The van der Waals surface area contributed by atoms with Gasteiger partial charge in [-0.15, -0.1) is 11.3 Å². The normalized spacial score (nSPS) is 13.5. The average molecular weight is 648 g/mol. The van der Waals surface area contributed by atoms with Gasteiger partial charge in [-0.25, -0.2) is 18.4 Å². The standard InChI is InChI=1S/C31H45N5O6S2/c1-22(2)15-31(39)36(34-30(38)18-32-13-14-42-5)27(16-24-9-7-6-8-10-24)28(37)20-35(19-23(3)4)44(40,41)25-11-12-26-29(17-25)43-21-33-26/h6-12,17,21-23,27-28,32,37H,13-16,18-20H2,1-5H3,(H,34,38)/t27?,28-/m1/s1. The third kappa shape index (κ3) is 10.3. The number of benzene rings is 2. The lowest BCUT2D eigenvalue weighted by molar-refractivity contribution is -0.148. The maximum Gasteiger partial charge on any atom is 0.252 e. The molecule has 1 heterocycles. The molecule has 242 valence electrons. The number of amides is 2. The number of ether oxygens (including phenoxy) is 1. The van der Waals surface area contributed by atoms with Crippen molar-refractivity contribution < 1.29 is 27.9 Å². The first-order chi connectivity index (χ1) is 20.9. The second-order valence-corrected chi connectivity index (χ2v) is 14.4. The van der Waals surface area contributed by atoms with Crippen molar-refractivity contribution in [1.29, 1.82) is 0 Å². The fourth-order valence-electron chi connectivity index (χ4n) is 4.74. The summed E-state index contributed by atoms with van der Waals surface area (Å²) in [5, 5.41) is 16.0. The molecule has 0 aliphatic heterocycles. The zero-order valence-electron chi connectivity index (χ0n) is 26.1. The predicted octanol–water partition coefficient (Wildman–Crippen LogP) is 3.06. The smallest absolute Gasteiger partial charge is 0.252 e. The van der Waals surface area contributed by atoms with Crippen molar-refractivity contribution in [1.82, 2.24) is 25.0 Å². The number of sulfonamides is 1. The van der Waals surface area contributed by atoms with Crippen LogP contribution in [0.3, 0.4) is 0 Å². The Morgan fingerprint density at radius 3 is 2.43 bits per heavy atom. The van der Waals surface area contributed by atoms with Crippen LogP contribution >= 0.6 is 11.3 Å². The Hall–Kier alpha value is -2.94. The number of fused-ring (bicyclic) bond motifs is 1. The summed E-state index contributed by atoms with van der Waals surface area (Å²) in [6, 6.07) is 13.1. The first-order valence-electron chi connectivity index (χ1n) is 14.8. The minimum atomic E-state index is -4.03. The number of nitrogens with one attached hydrogen (secondary N) is 2. The predicted molar refractivity (Wildman–Crippen MR) is 172 cm³/mol. The van der Waals surface area contributed by atoms with E-state index in [-0.39, 0.29) is 55.1 Å². The zero-order chi connectivity index (χ0) is 32.3. The third-order valence-electron chi connectivity index (χ3n) is 6.83. The topological polar surface area (TPSA) is 141 Å². The SMILES string of the molecule is COCCNCC(=O)NN(C(=O)CC(C)C)C(Cc1ccccc1)[C@H](O)CN(CC(C)C)S(=O)(=O)c1ccc2ncsc2c1. The fourth-order valence-corrected chi connectivity index (χ4v) is 7.18. The van der Waals surface area contributed by atoms with E-state index in [1.165, 1.54) is 26.7 Å². The summed E-state index contributed by atoms with van der Waals surface area (Å²) in [5.41, 5.74) is 5.90. The van der Waals surface area contributed by atoms with Crippen LogP contribution in [0.25, 0.3) is 10.2 Å². The van der Waals surface area contributed by atoms with Gasteiger partial charge in [0, 0.05) is 33.2 Å². The number of aliphatic hydroxyl groups is 1. The number of hydrogen-bond acceptors (Lipinski definition) is 9. The Labute approximate surface area is 264 Å². The molecule has 3 N–H and O–H groups in total. The van der Waals surface area contributed by atoms with Gasteiger partial charge in [0.2, 0.25) is 15.9 Å². The van der Waals surface area contributed by atoms with E-state index in [9.17, 15) is 23.1 Å². The average Bonchev–Trinajstić information content (AvgIpc) is 3.45. The van der Waals surface area contributed by atoms with Gasteiger partial charge in [-0.1, -0.05) is 58.0 Å². The first-order valence-corrected chi connectivity index (χ1v) is 17.1. The Morgan fingerprint density at radius 2 is 1.77 bits per heavy atom. The van der Waals surface area contributed by atoms with Crippen molar-refractivity contribution in [3.05, 3.63) is 59.6 Å². The van der Waals surface area contributed by atoms with Crippen LogP contribution < -0.4 is 10.7 Å². The second kappa shape index (κ2) is 16.9. The van der Waals surface area contributed by atoms with Gasteiger partial charge < -0.3 is 15.2 Å². The molecule has 0 radical (unpaired) electrons. The lowest BCUT2D eigenvalue weighted by Crippen LogP contribution is -2.60. The highest BCUT2D eigenvalue weighted by Gasteiger charge is 2.36. The van der Waals surface area contributed by atoms with Crippen molar-refractivity contribution in [2.24, 2.45) is 11.8 Å². The van der Waals surface area contributed by atoms with E-state index in [1.54, 1.807) is 24.8 Å². The van der Waals surface area contributed by atoms with Gasteiger partial charge in [0.15, 0.2) is 0 Å². The summed E-state index contributed by atoms with van der Waals surface area (Å²) in [6.45, 7) is 8.23. The third-order valence-corrected chi connectivity index (χ3v) is 9.45.